The van der Waals surface area contributed by atoms with Crippen molar-refractivity contribution < 1.29 is 54.9 Å². The molecule has 0 bridgehead atoms. The van der Waals surface area contributed by atoms with Gasteiger partial charge in [0.05, 0.1) is 42.4 Å². The Hall–Kier alpha value is -2.09. The number of carbonyl (C=O) groups is 3. The molecule has 0 aromatic heterocycles. The SMILES string of the molecule is CC(C)(O)[C@@H](O)CC[C@@H](CO)[C@H]1CC[C@]2(C)C3=C(C[C@H](O)[C@@]12C)[C@@]1(C)C[C@H](O)[C@H](OC(=O)C[C@](C)(O)CC(=O)NCC(=O)O)C(C)(C)[C@@H]1CC3. The molecule has 0 unspecified atom stereocenters. The van der Waals surface area contributed by atoms with Crippen molar-refractivity contribution >= 4 is 17.8 Å². The molecule has 0 spiro atoms. The zero-order chi connectivity index (χ0) is 37.8. The molecule has 0 radical (unpaired) electrons. The largest absolute Gasteiger partial charge is 0.480 e. The number of rotatable bonds is 13. The second-order valence-electron chi connectivity index (χ2n) is 18.2. The van der Waals surface area contributed by atoms with Gasteiger partial charge in [0.1, 0.15) is 12.6 Å². The van der Waals surface area contributed by atoms with Crippen molar-refractivity contribution in [3.8, 4) is 0 Å². The zero-order valence-corrected chi connectivity index (χ0v) is 31.3. The Kier molecular flexibility index (Phi) is 11.4. The summed E-state index contributed by atoms with van der Waals surface area (Å²) in [6.07, 6.45) is 0.358. The van der Waals surface area contributed by atoms with E-state index in [1.54, 1.807) is 13.8 Å². The third-order valence-electron chi connectivity index (χ3n) is 14.0. The molecule has 0 aromatic rings. The Labute approximate surface area is 296 Å². The van der Waals surface area contributed by atoms with Gasteiger partial charge >= 0.3 is 11.9 Å². The fourth-order valence-corrected chi connectivity index (χ4v) is 11.1. The first kappa shape index (κ1) is 40.7. The van der Waals surface area contributed by atoms with Crippen molar-refractivity contribution in [2.24, 2.45) is 39.4 Å². The Balaban J connectivity index is 1.55. The lowest BCUT2D eigenvalue weighted by Gasteiger charge is -2.64. The highest BCUT2D eigenvalue weighted by molar-refractivity contribution is 5.82. The van der Waals surface area contributed by atoms with Crippen molar-refractivity contribution in [2.75, 3.05) is 13.2 Å². The van der Waals surface area contributed by atoms with Gasteiger partial charge in [-0.1, -0.05) is 45.8 Å². The molecule has 2 saturated carbocycles. The molecule has 0 heterocycles. The van der Waals surface area contributed by atoms with E-state index in [1.165, 1.54) is 18.1 Å². The molecule has 0 saturated heterocycles. The molecule has 50 heavy (non-hydrogen) atoms. The molecule has 1 amide bonds. The standard InChI is InChI=1S/C38H63NO11/c1-33(2)26-11-10-23-24(15-28(43)38(8)22(13-14-37(23,38)7)21(20-40)9-12-27(42)34(3,4)48)36(26,6)16-25(41)32(33)50-31(47)18-35(5,49)17-29(44)39-19-30(45)46/h21-22,25-28,32,40-43,48-49H,9-20H2,1-8H3,(H,39,44)(H,45,46)/t21-,22+,25-,26-,27-,28-,32-,35+,36+,37+,38+/m0/s1. The molecule has 4 aliphatic rings. The number of aliphatic hydroxyl groups excluding tert-OH is 4. The molecular formula is C38H63NO11. The predicted molar refractivity (Wildman–Crippen MR) is 184 cm³/mol. The number of amides is 1. The molecule has 0 aliphatic heterocycles. The van der Waals surface area contributed by atoms with Gasteiger partial charge < -0.3 is 45.8 Å². The van der Waals surface area contributed by atoms with Gasteiger partial charge in [-0.2, -0.15) is 0 Å². The second kappa shape index (κ2) is 14.0. The van der Waals surface area contributed by atoms with Crippen LogP contribution in [0.1, 0.15) is 120 Å². The summed E-state index contributed by atoms with van der Waals surface area (Å²) < 4.78 is 5.91. The highest BCUT2D eigenvalue weighted by Crippen LogP contribution is 2.72. The summed E-state index contributed by atoms with van der Waals surface area (Å²) in [7, 11) is 0. The highest BCUT2D eigenvalue weighted by atomic mass is 16.6. The number of carboxylic acid groups (broad SMARTS) is 1. The van der Waals surface area contributed by atoms with Crippen molar-refractivity contribution in [2.45, 2.75) is 155 Å². The van der Waals surface area contributed by atoms with E-state index in [9.17, 15) is 45.0 Å². The van der Waals surface area contributed by atoms with Gasteiger partial charge in [-0.05, 0) is 101 Å². The summed E-state index contributed by atoms with van der Waals surface area (Å²) in [6.45, 7) is 14.3. The van der Waals surface area contributed by atoms with Gasteiger partial charge in [-0.25, -0.2) is 0 Å². The molecule has 11 atom stereocenters. The molecule has 2 fully saturated rings. The van der Waals surface area contributed by atoms with Gasteiger partial charge in [0.15, 0.2) is 0 Å². The van der Waals surface area contributed by atoms with Crippen molar-refractivity contribution in [1.82, 2.24) is 5.32 Å². The maximum atomic E-state index is 13.2. The van der Waals surface area contributed by atoms with E-state index in [0.29, 0.717) is 25.7 Å². The number of allylic oxidation sites excluding steroid dienone is 1. The number of nitrogens with one attached hydrogen (secondary N) is 1. The van der Waals surface area contributed by atoms with Crippen LogP contribution in [0.15, 0.2) is 11.1 Å². The van der Waals surface area contributed by atoms with Crippen molar-refractivity contribution in [3.63, 3.8) is 0 Å². The lowest BCUT2D eigenvalue weighted by Crippen LogP contribution is -2.62. The number of hydrogen-bond acceptors (Lipinski definition) is 10. The number of fused-ring (bicyclic) bond motifs is 4. The lowest BCUT2D eigenvalue weighted by molar-refractivity contribution is -0.198. The van der Waals surface area contributed by atoms with Crippen LogP contribution >= 0.6 is 0 Å². The van der Waals surface area contributed by atoms with Crippen LogP contribution in [0.5, 0.6) is 0 Å². The van der Waals surface area contributed by atoms with E-state index < -0.39 is 89.1 Å². The van der Waals surface area contributed by atoms with Gasteiger partial charge in [-0.3, -0.25) is 14.4 Å². The molecule has 286 valence electrons. The van der Waals surface area contributed by atoms with Crippen LogP contribution < -0.4 is 5.32 Å². The van der Waals surface area contributed by atoms with Crippen LogP contribution in [-0.2, 0) is 19.1 Å². The number of aliphatic carboxylic acids is 1. The monoisotopic (exact) mass is 709 g/mol. The Bertz CT molecular complexity index is 1340. The number of esters is 1. The third kappa shape index (κ3) is 7.26. The van der Waals surface area contributed by atoms with Crippen LogP contribution in [0.4, 0.5) is 0 Å². The summed E-state index contributed by atoms with van der Waals surface area (Å²) in [6, 6.07) is 0. The molecule has 8 N–H and O–H groups in total. The van der Waals surface area contributed by atoms with Crippen molar-refractivity contribution in [1.29, 1.82) is 0 Å². The van der Waals surface area contributed by atoms with E-state index in [0.717, 1.165) is 25.7 Å². The number of carbonyl (C=O) groups excluding carboxylic acids is 2. The topological polar surface area (TPSA) is 214 Å². The number of hydrogen-bond donors (Lipinski definition) is 8. The maximum absolute atomic E-state index is 13.2. The first-order chi connectivity index (χ1) is 22.8. The van der Waals surface area contributed by atoms with E-state index >= 15 is 0 Å². The number of carboxylic acids is 1. The first-order valence-corrected chi connectivity index (χ1v) is 18.4. The number of aliphatic hydroxyl groups is 6. The molecule has 0 aromatic carbocycles. The van der Waals surface area contributed by atoms with Gasteiger partial charge in [-0.15, -0.1) is 0 Å². The summed E-state index contributed by atoms with van der Waals surface area (Å²) in [5.41, 5.74) is -2.56. The van der Waals surface area contributed by atoms with Crippen LogP contribution in [0.2, 0.25) is 0 Å². The van der Waals surface area contributed by atoms with Crippen LogP contribution in [0, 0.1) is 39.4 Å². The van der Waals surface area contributed by atoms with Gasteiger partial charge in [0.25, 0.3) is 0 Å². The van der Waals surface area contributed by atoms with Crippen LogP contribution in [0.25, 0.3) is 0 Å². The quantitative estimate of drug-likeness (QED) is 0.103. The van der Waals surface area contributed by atoms with E-state index in [-0.39, 0.29) is 29.8 Å². The van der Waals surface area contributed by atoms with Crippen LogP contribution in [-0.4, -0.2) is 102 Å². The minimum atomic E-state index is -1.79. The summed E-state index contributed by atoms with van der Waals surface area (Å²) in [5.74, 6) is -2.84. The van der Waals surface area contributed by atoms with E-state index in [2.05, 4.69) is 26.1 Å². The fourth-order valence-electron chi connectivity index (χ4n) is 11.1. The molecule has 12 nitrogen and oxygen atoms in total. The summed E-state index contributed by atoms with van der Waals surface area (Å²) in [4.78, 5) is 36.0. The molecular weight excluding hydrogens is 646 g/mol. The van der Waals surface area contributed by atoms with E-state index in [1.807, 2.05) is 13.8 Å². The normalized spacial score (nSPS) is 37.4. The summed E-state index contributed by atoms with van der Waals surface area (Å²) in [5, 5.41) is 76.9. The van der Waals surface area contributed by atoms with Gasteiger partial charge in [0, 0.05) is 17.4 Å². The Morgan fingerprint density at radius 3 is 2.20 bits per heavy atom. The first-order valence-electron chi connectivity index (χ1n) is 18.4. The minimum absolute atomic E-state index is 0.00290. The lowest BCUT2D eigenvalue weighted by atomic mass is 9.42. The molecule has 4 aliphatic carbocycles. The third-order valence-corrected chi connectivity index (χ3v) is 14.0. The average Bonchev–Trinajstić information content (AvgIpc) is 3.26. The maximum Gasteiger partial charge on any atom is 0.322 e. The Morgan fingerprint density at radius 2 is 1.62 bits per heavy atom. The predicted octanol–water partition coefficient (Wildman–Crippen LogP) is 2.84. The minimum Gasteiger partial charge on any atom is -0.480 e. The van der Waals surface area contributed by atoms with E-state index in [4.69, 9.17) is 9.84 Å². The highest BCUT2D eigenvalue weighted by Gasteiger charge is 2.67. The number of ether oxygens (including phenoxy) is 1. The second-order valence-corrected chi connectivity index (χ2v) is 18.2. The zero-order valence-electron chi connectivity index (χ0n) is 31.3. The average molecular weight is 710 g/mol. The fraction of sp³-hybridized carbons (Fsp3) is 0.868. The smallest absolute Gasteiger partial charge is 0.322 e. The van der Waals surface area contributed by atoms with Crippen LogP contribution in [0.3, 0.4) is 0 Å². The van der Waals surface area contributed by atoms with Crippen molar-refractivity contribution in [3.05, 3.63) is 11.1 Å². The van der Waals surface area contributed by atoms with Gasteiger partial charge in [0.2, 0.25) is 5.91 Å². The summed E-state index contributed by atoms with van der Waals surface area (Å²) >= 11 is 0. The Morgan fingerprint density at radius 1 is 0.980 bits per heavy atom. The molecule has 4 rings (SSSR count). The molecule has 12 heteroatoms.